The van der Waals surface area contributed by atoms with Crippen molar-refractivity contribution in [1.82, 2.24) is 4.90 Å². The Labute approximate surface area is 190 Å². The summed E-state index contributed by atoms with van der Waals surface area (Å²) in [6.07, 6.45) is 1.85. The van der Waals surface area contributed by atoms with E-state index in [0.29, 0.717) is 17.0 Å². The summed E-state index contributed by atoms with van der Waals surface area (Å²) in [6.45, 7) is 5.53. The second-order valence-corrected chi connectivity index (χ2v) is 7.60. The van der Waals surface area contributed by atoms with Crippen molar-refractivity contribution in [2.24, 2.45) is 0 Å². The van der Waals surface area contributed by atoms with Gasteiger partial charge >= 0.3 is 0 Å². The number of anilines is 1. The molecule has 3 aromatic rings. The standard InChI is InChI=1S/C27H30N2O3/c1-3-18-29(19-4-2)27(31)23-10-14-24(15-11-23)28-26(30)20-32-25-16-12-22(13-17-25)21-8-6-5-7-9-21/h5-17H,3-4,18-20H2,1-2H3,(H,28,30). The minimum Gasteiger partial charge on any atom is -0.484 e. The molecule has 0 bridgehead atoms. The van der Waals surface area contributed by atoms with Crippen LogP contribution in [0.15, 0.2) is 78.9 Å². The third kappa shape index (κ3) is 6.45. The zero-order valence-corrected chi connectivity index (χ0v) is 18.7. The van der Waals surface area contributed by atoms with Crippen LogP contribution in [0.2, 0.25) is 0 Å². The Balaban J connectivity index is 1.51. The number of benzene rings is 3. The fraction of sp³-hybridized carbons (Fsp3) is 0.259. The van der Waals surface area contributed by atoms with Gasteiger partial charge in [0.2, 0.25) is 0 Å². The average molecular weight is 431 g/mol. The minimum atomic E-state index is -0.255. The van der Waals surface area contributed by atoms with Crippen molar-refractivity contribution >= 4 is 17.5 Å². The molecule has 0 spiro atoms. The van der Waals surface area contributed by atoms with Crippen molar-refractivity contribution in [2.75, 3.05) is 25.0 Å². The highest BCUT2D eigenvalue weighted by Crippen LogP contribution is 2.22. The maximum Gasteiger partial charge on any atom is 0.262 e. The first-order valence-corrected chi connectivity index (χ1v) is 11.1. The predicted molar refractivity (Wildman–Crippen MR) is 129 cm³/mol. The molecule has 0 fully saturated rings. The maximum atomic E-state index is 12.7. The van der Waals surface area contributed by atoms with Crippen molar-refractivity contribution < 1.29 is 14.3 Å². The van der Waals surface area contributed by atoms with Gasteiger partial charge in [-0.2, -0.15) is 0 Å². The highest BCUT2D eigenvalue weighted by Gasteiger charge is 2.14. The molecule has 0 radical (unpaired) electrons. The Morgan fingerprint density at radius 3 is 1.97 bits per heavy atom. The van der Waals surface area contributed by atoms with Gasteiger partial charge in [0.15, 0.2) is 6.61 Å². The number of carbonyl (C=O) groups is 2. The number of nitrogens with one attached hydrogen (secondary N) is 1. The Kier molecular flexibility index (Phi) is 8.44. The van der Waals surface area contributed by atoms with Crippen LogP contribution in [-0.4, -0.2) is 36.4 Å². The molecule has 166 valence electrons. The van der Waals surface area contributed by atoms with E-state index in [2.05, 4.69) is 19.2 Å². The Morgan fingerprint density at radius 2 is 1.38 bits per heavy atom. The van der Waals surface area contributed by atoms with E-state index in [9.17, 15) is 9.59 Å². The normalized spacial score (nSPS) is 10.4. The number of amides is 2. The molecular formula is C27H30N2O3. The van der Waals surface area contributed by atoms with Gasteiger partial charge < -0.3 is 15.0 Å². The summed E-state index contributed by atoms with van der Waals surface area (Å²) >= 11 is 0. The highest BCUT2D eigenvalue weighted by molar-refractivity contribution is 5.96. The predicted octanol–water partition coefficient (Wildman–Crippen LogP) is 5.63. The topological polar surface area (TPSA) is 58.6 Å². The second kappa shape index (κ2) is 11.7. The van der Waals surface area contributed by atoms with E-state index in [1.165, 1.54) is 0 Å². The second-order valence-electron chi connectivity index (χ2n) is 7.60. The number of hydrogen-bond acceptors (Lipinski definition) is 3. The van der Waals surface area contributed by atoms with Crippen molar-refractivity contribution in [3.05, 3.63) is 84.4 Å². The van der Waals surface area contributed by atoms with Crippen LogP contribution in [-0.2, 0) is 4.79 Å². The van der Waals surface area contributed by atoms with Gasteiger partial charge in [0.05, 0.1) is 0 Å². The Hall–Kier alpha value is -3.60. The van der Waals surface area contributed by atoms with E-state index >= 15 is 0 Å². The molecule has 0 saturated heterocycles. The van der Waals surface area contributed by atoms with E-state index in [1.54, 1.807) is 24.3 Å². The summed E-state index contributed by atoms with van der Waals surface area (Å²) in [5.41, 5.74) is 3.48. The van der Waals surface area contributed by atoms with E-state index in [0.717, 1.165) is 37.1 Å². The van der Waals surface area contributed by atoms with Crippen LogP contribution in [0.5, 0.6) is 5.75 Å². The largest absolute Gasteiger partial charge is 0.484 e. The molecule has 5 nitrogen and oxygen atoms in total. The lowest BCUT2D eigenvalue weighted by Gasteiger charge is -2.21. The van der Waals surface area contributed by atoms with Crippen LogP contribution in [0, 0.1) is 0 Å². The van der Waals surface area contributed by atoms with Crippen molar-refractivity contribution in [3.8, 4) is 16.9 Å². The van der Waals surface area contributed by atoms with E-state index in [-0.39, 0.29) is 18.4 Å². The third-order valence-corrected chi connectivity index (χ3v) is 5.02. The summed E-state index contributed by atoms with van der Waals surface area (Å²) in [5, 5.41) is 2.81. The van der Waals surface area contributed by atoms with Crippen LogP contribution in [0.3, 0.4) is 0 Å². The quantitative estimate of drug-likeness (QED) is 0.453. The molecule has 5 heteroatoms. The zero-order chi connectivity index (χ0) is 22.8. The first-order chi connectivity index (χ1) is 15.6. The van der Waals surface area contributed by atoms with Crippen LogP contribution < -0.4 is 10.1 Å². The van der Waals surface area contributed by atoms with E-state index in [1.807, 2.05) is 59.5 Å². The molecule has 2 amide bonds. The summed E-state index contributed by atoms with van der Waals surface area (Å²) in [5.74, 6) is 0.399. The number of rotatable bonds is 10. The molecule has 1 N–H and O–H groups in total. The minimum absolute atomic E-state index is 0.0221. The molecular weight excluding hydrogens is 400 g/mol. The first kappa shape index (κ1) is 23.1. The number of nitrogens with zero attached hydrogens (tertiary/aromatic N) is 1. The Morgan fingerprint density at radius 1 is 0.781 bits per heavy atom. The monoisotopic (exact) mass is 430 g/mol. The van der Waals surface area contributed by atoms with Gasteiger partial charge in [0.25, 0.3) is 11.8 Å². The number of carbonyl (C=O) groups excluding carboxylic acids is 2. The van der Waals surface area contributed by atoms with Gasteiger partial charge in [0, 0.05) is 24.3 Å². The molecule has 0 saturated carbocycles. The smallest absolute Gasteiger partial charge is 0.262 e. The molecule has 0 aliphatic heterocycles. The molecule has 3 aromatic carbocycles. The third-order valence-electron chi connectivity index (χ3n) is 5.02. The molecule has 32 heavy (non-hydrogen) atoms. The van der Waals surface area contributed by atoms with Crippen molar-refractivity contribution in [1.29, 1.82) is 0 Å². The fourth-order valence-electron chi connectivity index (χ4n) is 3.45. The first-order valence-electron chi connectivity index (χ1n) is 11.1. The van der Waals surface area contributed by atoms with E-state index < -0.39 is 0 Å². The van der Waals surface area contributed by atoms with E-state index in [4.69, 9.17) is 4.74 Å². The molecule has 0 atom stereocenters. The van der Waals surface area contributed by atoms with Gasteiger partial charge in [-0.1, -0.05) is 56.3 Å². The summed E-state index contributed by atoms with van der Waals surface area (Å²) in [4.78, 5) is 26.8. The Bertz CT molecular complexity index is 993. The summed E-state index contributed by atoms with van der Waals surface area (Å²) < 4.78 is 5.61. The molecule has 0 heterocycles. The average Bonchev–Trinajstić information content (AvgIpc) is 2.83. The van der Waals surface area contributed by atoms with Gasteiger partial charge in [-0.3, -0.25) is 9.59 Å². The van der Waals surface area contributed by atoms with Gasteiger partial charge in [-0.25, -0.2) is 0 Å². The van der Waals surface area contributed by atoms with Gasteiger partial charge in [-0.05, 0) is 60.4 Å². The number of ether oxygens (including phenoxy) is 1. The van der Waals surface area contributed by atoms with Gasteiger partial charge in [0.1, 0.15) is 5.75 Å². The highest BCUT2D eigenvalue weighted by atomic mass is 16.5. The van der Waals surface area contributed by atoms with Crippen LogP contribution in [0.25, 0.3) is 11.1 Å². The lowest BCUT2D eigenvalue weighted by atomic mass is 10.1. The summed E-state index contributed by atoms with van der Waals surface area (Å²) in [7, 11) is 0. The molecule has 3 rings (SSSR count). The summed E-state index contributed by atoms with van der Waals surface area (Å²) in [6, 6.07) is 24.7. The van der Waals surface area contributed by atoms with Crippen molar-refractivity contribution in [2.45, 2.75) is 26.7 Å². The van der Waals surface area contributed by atoms with Gasteiger partial charge in [-0.15, -0.1) is 0 Å². The molecule has 0 aromatic heterocycles. The zero-order valence-electron chi connectivity index (χ0n) is 18.7. The molecule has 0 aliphatic carbocycles. The SMILES string of the molecule is CCCN(CCC)C(=O)c1ccc(NC(=O)COc2ccc(-c3ccccc3)cc2)cc1. The lowest BCUT2D eigenvalue weighted by molar-refractivity contribution is -0.118. The van der Waals surface area contributed by atoms with Crippen LogP contribution >= 0.6 is 0 Å². The van der Waals surface area contributed by atoms with Crippen LogP contribution in [0.1, 0.15) is 37.0 Å². The number of hydrogen-bond donors (Lipinski definition) is 1. The maximum absolute atomic E-state index is 12.7. The fourth-order valence-corrected chi connectivity index (χ4v) is 3.45. The van der Waals surface area contributed by atoms with Crippen molar-refractivity contribution in [3.63, 3.8) is 0 Å². The lowest BCUT2D eigenvalue weighted by Crippen LogP contribution is -2.32. The molecule has 0 aliphatic rings. The molecule has 0 unspecified atom stereocenters. The van der Waals surface area contributed by atoms with Crippen LogP contribution in [0.4, 0.5) is 5.69 Å².